The van der Waals surface area contributed by atoms with Crippen molar-refractivity contribution in [2.24, 2.45) is 0 Å². The molecule has 1 atom stereocenters. The van der Waals surface area contributed by atoms with Gasteiger partial charge in [0, 0.05) is 13.1 Å². The molecule has 0 fully saturated rings. The lowest BCUT2D eigenvalue weighted by molar-refractivity contribution is -0.145. The second-order valence-corrected chi connectivity index (χ2v) is 5.69. The first kappa shape index (κ1) is 17.9. The Hall–Kier alpha value is -1.11. The van der Waals surface area contributed by atoms with Gasteiger partial charge in [-0.05, 0) is 54.6 Å². The molecule has 0 bridgehead atoms. The first-order valence-electron chi connectivity index (χ1n) is 6.87. The van der Waals surface area contributed by atoms with E-state index in [0.717, 1.165) is 22.3 Å². The van der Waals surface area contributed by atoms with Crippen molar-refractivity contribution in [3.8, 4) is 5.75 Å². The van der Waals surface area contributed by atoms with Gasteiger partial charge < -0.3 is 14.4 Å². The molecule has 0 radical (unpaired) electrons. The Morgan fingerprint density at radius 2 is 2.14 bits per heavy atom. The lowest BCUT2D eigenvalue weighted by Gasteiger charge is -2.20. The zero-order valence-electron chi connectivity index (χ0n) is 13.0. The summed E-state index contributed by atoms with van der Waals surface area (Å²) in [5.41, 5.74) is 0.847. The molecule has 5 nitrogen and oxygen atoms in total. The van der Waals surface area contributed by atoms with Crippen LogP contribution in [0.4, 0.5) is 0 Å². The predicted octanol–water partition coefficient (Wildman–Crippen LogP) is 2.21. The van der Waals surface area contributed by atoms with Crippen LogP contribution < -0.4 is 10.1 Å². The smallest absolute Gasteiger partial charge is 0.327 e. The van der Waals surface area contributed by atoms with Gasteiger partial charge in [-0.25, -0.2) is 4.79 Å². The highest BCUT2D eigenvalue weighted by Crippen LogP contribution is 2.28. The van der Waals surface area contributed by atoms with Gasteiger partial charge in [-0.1, -0.05) is 6.07 Å². The van der Waals surface area contributed by atoms with E-state index in [1.54, 1.807) is 14.0 Å². The number of likely N-dealkylation sites (N-methyl/N-ethyl adjacent to an activating group) is 1. The van der Waals surface area contributed by atoms with Crippen molar-refractivity contribution in [2.75, 3.05) is 40.9 Å². The topological polar surface area (TPSA) is 50.8 Å². The normalized spacial score (nSPS) is 12.3. The van der Waals surface area contributed by atoms with E-state index in [-0.39, 0.29) is 5.97 Å². The molecule has 0 saturated heterocycles. The van der Waals surface area contributed by atoms with Crippen LogP contribution in [0.3, 0.4) is 0 Å². The average molecular weight is 359 g/mol. The molecule has 1 aromatic rings. The van der Waals surface area contributed by atoms with Crippen molar-refractivity contribution < 1.29 is 14.3 Å². The monoisotopic (exact) mass is 358 g/mol. The highest BCUT2D eigenvalue weighted by atomic mass is 79.9. The number of benzene rings is 1. The molecule has 0 spiro atoms. The maximum Gasteiger partial charge on any atom is 0.327 e. The fourth-order valence-corrected chi connectivity index (χ4v) is 2.42. The summed E-state index contributed by atoms with van der Waals surface area (Å²) in [6, 6.07) is 5.10. The molecule has 0 saturated carbocycles. The number of carbonyl (C=O) groups excluding carboxylic acids is 1. The van der Waals surface area contributed by atoms with Gasteiger partial charge in [0.15, 0.2) is 0 Å². The highest BCUT2D eigenvalue weighted by molar-refractivity contribution is 9.10. The Kier molecular flexibility index (Phi) is 7.71. The first-order valence-corrected chi connectivity index (χ1v) is 7.67. The fourth-order valence-electron chi connectivity index (χ4n) is 1.86. The summed E-state index contributed by atoms with van der Waals surface area (Å²) in [5.74, 6) is 0.461. The zero-order chi connectivity index (χ0) is 15.8. The summed E-state index contributed by atoms with van der Waals surface area (Å²) in [6.45, 7) is 3.70. The van der Waals surface area contributed by atoms with Crippen LogP contribution in [0.2, 0.25) is 0 Å². The van der Waals surface area contributed by atoms with Crippen LogP contribution in [-0.2, 0) is 9.53 Å². The van der Waals surface area contributed by atoms with Gasteiger partial charge in [0.25, 0.3) is 0 Å². The third-order valence-corrected chi connectivity index (χ3v) is 3.56. The molecule has 0 aliphatic rings. The maximum atomic E-state index is 12.1. The molecule has 1 unspecified atom stereocenters. The van der Waals surface area contributed by atoms with Crippen LogP contribution in [0.5, 0.6) is 5.75 Å². The van der Waals surface area contributed by atoms with Gasteiger partial charge in [0.05, 0.1) is 18.2 Å². The van der Waals surface area contributed by atoms with Gasteiger partial charge in [0.1, 0.15) is 11.8 Å². The van der Waals surface area contributed by atoms with Crippen molar-refractivity contribution in [3.63, 3.8) is 0 Å². The van der Waals surface area contributed by atoms with E-state index in [2.05, 4.69) is 26.1 Å². The van der Waals surface area contributed by atoms with Crippen LogP contribution in [0.15, 0.2) is 22.7 Å². The van der Waals surface area contributed by atoms with Gasteiger partial charge in [-0.15, -0.1) is 0 Å². The number of hydrogen-bond acceptors (Lipinski definition) is 5. The minimum Gasteiger partial charge on any atom is -0.496 e. The van der Waals surface area contributed by atoms with Crippen molar-refractivity contribution in [1.82, 2.24) is 10.2 Å². The minimum absolute atomic E-state index is 0.270. The van der Waals surface area contributed by atoms with Crippen LogP contribution >= 0.6 is 15.9 Å². The predicted molar refractivity (Wildman–Crippen MR) is 86.6 cm³/mol. The van der Waals surface area contributed by atoms with E-state index in [4.69, 9.17) is 9.47 Å². The number of nitrogens with one attached hydrogen (secondary N) is 1. The number of esters is 1. The summed E-state index contributed by atoms with van der Waals surface area (Å²) in [6.07, 6.45) is 0. The third-order valence-electron chi connectivity index (χ3n) is 2.94. The Morgan fingerprint density at radius 1 is 1.43 bits per heavy atom. The number of carbonyl (C=O) groups is 1. The molecule has 118 valence electrons. The molecule has 0 heterocycles. The number of methoxy groups -OCH3 is 1. The quantitative estimate of drug-likeness (QED) is 0.722. The molecule has 1 N–H and O–H groups in total. The van der Waals surface area contributed by atoms with Crippen LogP contribution in [0.1, 0.15) is 18.5 Å². The van der Waals surface area contributed by atoms with Crippen LogP contribution in [0.25, 0.3) is 0 Å². The summed E-state index contributed by atoms with van der Waals surface area (Å²) in [7, 11) is 5.59. The van der Waals surface area contributed by atoms with E-state index in [0.29, 0.717) is 13.2 Å². The second-order valence-electron chi connectivity index (χ2n) is 4.84. The van der Waals surface area contributed by atoms with E-state index in [1.807, 2.05) is 32.3 Å². The van der Waals surface area contributed by atoms with Gasteiger partial charge in [-0.2, -0.15) is 0 Å². The average Bonchev–Trinajstić information content (AvgIpc) is 2.43. The summed E-state index contributed by atoms with van der Waals surface area (Å²) in [4.78, 5) is 14.2. The van der Waals surface area contributed by atoms with Crippen molar-refractivity contribution in [2.45, 2.75) is 13.0 Å². The Labute approximate surface area is 134 Å². The van der Waals surface area contributed by atoms with E-state index in [9.17, 15) is 4.79 Å². The summed E-state index contributed by atoms with van der Waals surface area (Å²) in [5, 5.41) is 3.24. The minimum atomic E-state index is -0.480. The molecular weight excluding hydrogens is 336 g/mol. The lowest BCUT2D eigenvalue weighted by atomic mass is 10.1. The standard InChI is InChI=1S/C15H23BrN2O3/c1-5-21-15(19)14(17-8-9-18(2)3)11-6-7-13(20-4)12(16)10-11/h6-7,10,14,17H,5,8-9H2,1-4H3. The number of halogens is 1. The highest BCUT2D eigenvalue weighted by Gasteiger charge is 2.22. The van der Waals surface area contributed by atoms with Crippen LogP contribution in [0, 0.1) is 0 Å². The Balaban J connectivity index is 2.89. The second kappa shape index (κ2) is 9.02. The fraction of sp³-hybridized carbons (Fsp3) is 0.533. The molecule has 21 heavy (non-hydrogen) atoms. The summed E-state index contributed by atoms with van der Waals surface area (Å²) < 4.78 is 11.2. The molecule has 0 aromatic heterocycles. The molecule has 6 heteroatoms. The molecule has 1 aromatic carbocycles. The third kappa shape index (κ3) is 5.65. The van der Waals surface area contributed by atoms with Gasteiger partial charge in [-0.3, -0.25) is 5.32 Å². The van der Waals surface area contributed by atoms with Gasteiger partial charge >= 0.3 is 5.97 Å². The number of hydrogen-bond donors (Lipinski definition) is 1. The molecular formula is C15H23BrN2O3. The SMILES string of the molecule is CCOC(=O)C(NCCN(C)C)c1ccc(OC)c(Br)c1. The Bertz CT molecular complexity index is 466. The number of ether oxygens (including phenoxy) is 2. The maximum absolute atomic E-state index is 12.1. The molecule has 0 aliphatic heterocycles. The van der Waals surface area contributed by atoms with Crippen molar-refractivity contribution >= 4 is 21.9 Å². The Morgan fingerprint density at radius 3 is 2.67 bits per heavy atom. The molecule has 0 amide bonds. The largest absolute Gasteiger partial charge is 0.496 e. The number of rotatable bonds is 8. The van der Waals surface area contributed by atoms with Gasteiger partial charge in [0.2, 0.25) is 0 Å². The number of nitrogens with zero attached hydrogens (tertiary/aromatic N) is 1. The van der Waals surface area contributed by atoms with Crippen molar-refractivity contribution in [3.05, 3.63) is 28.2 Å². The van der Waals surface area contributed by atoms with E-state index in [1.165, 1.54) is 0 Å². The van der Waals surface area contributed by atoms with Crippen molar-refractivity contribution in [1.29, 1.82) is 0 Å². The molecule has 0 aliphatic carbocycles. The summed E-state index contributed by atoms with van der Waals surface area (Å²) >= 11 is 3.44. The van der Waals surface area contributed by atoms with E-state index < -0.39 is 6.04 Å². The van der Waals surface area contributed by atoms with Crippen LogP contribution in [-0.4, -0.2) is 51.8 Å². The zero-order valence-corrected chi connectivity index (χ0v) is 14.6. The molecule has 1 rings (SSSR count). The van der Waals surface area contributed by atoms with E-state index >= 15 is 0 Å². The first-order chi connectivity index (χ1) is 9.99. The lowest BCUT2D eigenvalue weighted by Crippen LogP contribution is -2.35.